The highest BCUT2D eigenvalue weighted by Crippen LogP contribution is 2.30. The molecule has 1 unspecified atom stereocenters. The molecule has 1 aromatic rings. The predicted octanol–water partition coefficient (Wildman–Crippen LogP) is 4.10. The molecule has 0 aromatic heterocycles. The van der Waals surface area contributed by atoms with Gasteiger partial charge in [0.05, 0.1) is 4.92 Å². The second kappa shape index (κ2) is 5.05. The molecule has 0 fully saturated rings. The molecular weight excluding hydrogens is 238 g/mol. The van der Waals surface area contributed by atoms with E-state index >= 15 is 0 Å². The van der Waals surface area contributed by atoms with E-state index in [-0.39, 0.29) is 21.4 Å². The summed E-state index contributed by atoms with van der Waals surface area (Å²) in [7, 11) is 0. The number of hydrogen-bond donors (Lipinski definition) is 0. The van der Waals surface area contributed by atoms with Crippen LogP contribution in [0.5, 0.6) is 0 Å². The van der Waals surface area contributed by atoms with E-state index in [0.717, 1.165) is 5.56 Å². The lowest BCUT2D eigenvalue weighted by molar-refractivity contribution is -0.385. The Morgan fingerprint density at radius 2 is 2.00 bits per heavy atom. The van der Waals surface area contributed by atoms with Gasteiger partial charge in [-0.2, -0.15) is 0 Å². The van der Waals surface area contributed by atoms with Crippen molar-refractivity contribution in [2.45, 2.75) is 39.5 Å². The summed E-state index contributed by atoms with van der Waals surface area (Å²) in [4.78, 5) is 10.6. The maximum atomic E-state index is 11.0. The molecule has 0 aliphatic rings. The number of nitrogens with zero attached hydrogens (tertiary/aromatic N) is 1. The van der Waals surface area contributed by atoms with Crippen LogP contribution < -0.4 is 0 Å². The van der Waals surface area contributed by atoms with Crippen LogP contribution >= 0.6 is 11.6 Å². The number of nitro groups is 1. The summed E-state index contributed by atoms with van der Waals surface area (Å²) in [5.74, 6) is 0. The maximum absolute atomic E-state index is 11.0. The molecule has 1 aromatic carbocycles. The highest BCUT2D eigenvalue weighted by atomic mass is 35.5. The number of nitro benzene ring substituents is 1. The fourth-order valence-corrected chi connectivity index (χ4v) is 1.68. The smallest absolute Gasteiger partial charge is 0.258 e. The summed E-state index contributed by atoms with van der Waals surface area (Å²) in [6.45, 7) is 7.94. The van der Waals surface area contributed by atoms with Crippen molar-refractivity contribution in [2.24, 2.45) is 5.41 Å². The number of hydrogen-bond acceptors (Lipinski definition) is 2. The summed E-state index contributed by atoms with van der Waals surface area (Å²) in [6, 6.07) is 5.28. The third-order valence-corrected chi connectivity index (χ3v) is 3.59. The zero-order chi connectivity index (χ0) is 13.2. The first-order valence-electron chi connectivity index (χ1n) is 5.60. The lowest BCUT2D eigenvalue weighted by Crippen LogP contribution is -2.23. The molecule has 0 saturated carbocycles. The average molecular weight is 256 g/mol. The monoisotopic (exact) mass is 255 g/mol. The molecule has 0 aliphatic carbocycles. The van der Waals surface area contributed by atoms with Crippen LogP contribution in [0.2, 0.25) is 0 Å². The standard InChI is InChI=1S/C13H18ClNO2/c1-9-5-6-10(11(7-9)15(16)17)8-12(14)13(2,3)4/h5-7,12H,8H2,1-4H3. The van der Waals surface area contributed by atoms with Crippen molar-refractivity contribution in [3.63, 3.8) is 0 Å². The van der Waals surface area contributed by atoms with Crippen LogP contribution in [0.4, 0.5) is 5.69 Å². The number of alkyl halides is 1. The first kappa shape index (κ1) is 14.0. The third kappa shape index (κ3) is 3.70. The molecule has 0 amide bonds. The van der Waals surface area contributed by atoms with Crippen molar-refractivity contribution in [1.82, 2.24) is 0 Å². The Hall–Kier alpha value is -1.09. The van der Waals surface area contributed by atoms with E-state index in [4.69, 9.17) is 11.6 Å². The molecule has 1 rings (SSSR count). The van der Waals surface area contributed by atoms with E-state index in [1.165, 1.54) is 0 Å². The minimum Gasteiger partial charge on any atom is -0.258 e. The van der Waals surface area contributed by atoms with Crippen LogP contribution in [0.25, 0.3) is 0 Å². The van der Waals surface area contributed by atoms with Gasteiger partial charge in [-0.15, -0.1) is 11.6 Å². The quantitative estimate of drug-likeness (QED) is 0.464. The van der Waals surface area contributed by atoms with E-state index in [0.29, 0.717) is 12.0 Å². The van der Waals surface area contributed by atoms with Crippen molar-refractivity contribution < 1.29 is 4.92 Å². The van der Waals surface area contributed by atoms with Crippen LogP contribution in [0.3, 0.4) is 0 Å². The molecule has 0 saturated heterocycles. The van der Waals surface area contributed by atoms with Crippen molar-refractivity contribution >= 4 is 17.3 Å². The number of benzene rings is 1. The van der Waals surface area contributed by atoms with Gasteiger partial charge < -0.3 is 0 Å². The van der Waals surface area contributed by atoms with Crippen LogP contribution in [-0.4, -0.2) is 10.3 Å². The van der Waals surface area contributed by atoms with Crippen LogP contribution in [0, 0.1) is 22.5 Å². The molecule has 0 heterocycles. The van der Waals surface area contributed by atoms with Gasteiger partial charge in [-0.1, -0.05) is 32.9 Å². The lowest BCUT2D eigenvalue weighted by atomic mass is 9.87. The fraction of sp³-hybridized carbons (Fsp3) is 0.538. The molecule has 3 nitrogen and oxygen atoms in total. The molecule has 0 aliphatic heterocycles. The number of halogens is 1. The normalized spacial score (nSPS) is 13.5. The Morgan fingerprint density at radius 1 is 1.41 bits per heavy atom. The lowest BCUT2D eigenvalue weighted by Gasteiger charge is -2.25. The first-order chi connectivity index (χ1) is 7.71. The SMILES string of the molecule is Cc1ccc(CC(Cl)C(C)(C)C)c([N+](=O)[O-])c1. The molecule has 4 heteroatoms. The molecule has 0 spiro atoms. The van der Waals surface area contributed by atoms with Gasteiger partial charge in [0.1, 0.15) is 0 Å². The Morgan fingerprint density at radius 3 is 2.47 bits per heavy atom. The van der Waals surface area contributed by atoms with Crippen LogP contribution in [0.15, 0.2) is 18.2 Å². The third-order valence-electron chi connectivity index (χ3n) is 2.78. The van der Waals surface area contributed by atoms with Crippen LogP contribution in [0.1, 0.15) is 31.9 Å². The topological polar surface area (TPSA) is 43.1 Å². The van der Waals surface area contributed by atoms with Gasteiger partial charge in [0, 0.05) is 17.0 Å². The highest BCUT2D eigenvalue weighted by Gasteiger charge is 2.25. The van der Waals surface area contributed by atoms with E-state index in [1.54, 1.807) is 12.1 Å². The van der Waals surface area contributed by atoms with Gasteiger partial charge in [-0.3, -0.25) is 10.1 Å². The number of rotatable bonds is 3. The first-order valence-corrected chi connectivity index (χ1v) is 6.03. The highest BCUT2D eigenvalue weighted by molar-refractivity contribution is 6.21. The zero-order valence-corrected chi connectivity index (χ0v) is 11.4. The minimum atomic E-state index is -0.339. The van der Waals surface area contributed by atoms with Crippen molar-refractivity contribution in [3.8, 4) is 0 Å². The van der Waals surface area contributed by atoms with E-state index in [1.807, 2.05) is 33.8 Å². The fourth-order valence-electron chi connectivity index (χ4n) is 1.52. The molecule has 17 heavy (non-hydrogen) atoms. The average Bonchev–Trinajstić information content (AvgIpc) is 2.18. The second-order valence-electron chi connectivity index (χ2n) is 5.43. The molecular formula is C13H18ClNO2. The second-order valence-corrected chi connectivity index (χ2v) is 5.95. The van der Waals surface area contributed by atoms with Crippen molar-refractivity contribution in [2.75, 3.05) is 0 Å². The van der Waals surface area contributed by atoms with Gasteiger partial charge in [0.25, 0.3) is 5.69 Å². The predicted molar refractivity (Wildman–Crippen MR) is 70.6 cm³/mol. The van der Waals surface area contributed by atoms with Crippen molar-refractivity contribution in [3.05, 3.63) is 39.4 Å². The van der Waals surface area contributed by atoms with Gasteiger partial charge in [-0.05, 0) is 24.3 Å². The number of aryl methyl sites for hydroxylation is 1. The van der Waals surface area contributed by atoms with Crippen LogP contribution in [-0.2, 0) is 6.42 Å². The van der Waals surface area contributed by atoms with Gasteiger partial charge in [0.2, 0.25) is 0 Å². The van der Waals surface area contributed by atoms with Gasteiger partial charge >= 0.3 is 0 Å². The summed E-state index contributed by atoms with van der Waals surface area (Å²) in [6.07, 6.45) is 0.516. The maximum Gasteiger partial charge on any atom is 0.272 e. The summed E-state index contributed by atoms with van der Waals surface area (Å²) >= 11 is 6.29. The molecule has 0 N–H and O–H groups in total. The van der Waals surface area contributed by atoms with E-state index in [2.05, 4.69) is 0 Å². The summed E-state index contributed by atoms with van der Waals surface area (Å²) in [5, 5.41) is 10.8. The Balaban J connectivity index is 3.03. The molecule has 0 bridgehead atoms. The largest absolute Gasteiger partial charge is 0.272 e. The van der Waals surface area contributed by atoms with Crippen molar-refractivity contribution in [1.29, 1.82) is 0 Å². The molecule has 0 radical (unpaired) electrons. The zero-order valence-electron chi connectivity index (χ0n) is 10.7. The molecule has 94 valence electrons. The summed E-state index contributed by atoms with van der Waals surface area (Å²) < 4.78 is 0. The van der Waals surface area contributed by atoms with Gasteiger partial charge in [-0.25, -0.2) is 0 Å². The Labute approximate surface area is 107 Å². The Bertz CT molecular complexity index is 424. The Kier molecular flexibility index (Phi) is 4.15. The minimum absolute atomic E-state index is 0.0691. The molecule has 1 atom stereocenters. The van der Waals surface area contributed by atoms with E-state index < -0.39 is 0 Å². The van der Waals surface area contributed by atoms with E-state index in [9.17, 15) is 10.1 Å². The summed E-state index contributed by atoms with van der Waals surface area (Å²) in [5.41, 5.74) is 1.69. The van der Waals surface area contributed by atoms with Gasteiger partial charge in [0.15, 0.2) is 0 Å².